The van der Waals surface area contributed by atoms with Crippen molar-refractivity contribution >= 4 is 58.9 Å². The summed E-state index contributed by atoms with van der Waals surface area (Å²) in [6, 6.07) is 23.9. The van der Waals surface area contributed by atoms with Gasteiger partial charge >= 0.3 is 29.8 Å². The second kappa shape index (κ2) is 27.4. The Kier molecular flexibility index (Phi) is 21.0. The predicted molar refractivity (Wildman–Crippen MR) is 305 cm³/mol. The Bertz CT molecular complexity index is 3020. The van der Waals surface area contributed by atoms with E-state index < -0.39 is 137 Å². The minimum atomic E-state index is -2.52. The van der Waals surface area contributed by atoms with E-state index in [0.29, 0.717) is 24.9 Å². The third kappa shape index (κ3) is 13.9. The molecule has 3 aliphatic carbocycles. The van der Waals surface area contributed by atoms with E-state index in [1.165, 1.54) is 53.8 Å². The number of nitrogens with zero attached hydrogens (tertiary/aromatic N) is 1. The maximum absolute atomic E-state index is 15.9. The van der Waals surface area contributed by atoms with E-state index in [-0.39, 0.29) is 72.3 Å². The SMILES string of the molecule is CN[C@H](CCCCNCC(=O)CCC(=O)N(C)CC(=O)O[C@@H](C(=O)O[C@H]1C[C@@]2(O)[C@@H](OC(=O)c3ccccc3)[C@@H]3[C@]4(OC(C)=O)CO[C@@H]4C[C@H](O)[C@@]3(C)C(=O)[C@H](OC(C)=O)C(=C1C)C2(C)C)[C@@H](CC(=O)c1ccccc1)c1ccccc1)C(C)=O. The monoisotopic (exact) mass is 1180 g/mol. The van der Waals surface area contributed by atoms with E-state index in [4.69, 9.17) is 28.4 Å². The molecule has 1 aliphatic heterocycles. The zero-order chi connectivity index (χ0) is 62.2. The summed E-state index contributed by atoms with van der Waals surface area (Å²) in [6.45, 7) is 9.05. The molecule has 458 valence electrons. The summed E-state index contributed by atoms with van der Waals surface area (Å²) >= 11 is 0. The van der Waals surface area contributed by atoms with Gasteiger partial charge in [-0.25, -0.2) is 9.59 Å². The molecule has 1 saturated heterocycles. The topological polar surface area (TPSA) is 294 Å². The van der Waals surface area contributed by atoms with Crippen molar-refractivity contribution in [3.8, 4) is 0 Å². The maximum Gasteiger partial charge on any atom is 0.348 e. The Balaban J connectivity index is 1.26. The van der Waals surface area contributed by atoms with Crippen LogP contribution in [-0.2, 0) is 66.8 Å². The highest BCUT2D eigenvalue weighted by Gasteiger charge is 2.78. The number of hydrogen-bond donors (Lipinski definition) is 4. The number of fused-ring (bicyclic) bond motifs is 5. The van der Waals surface area contributed by atoms with Crippen molar-refractivity contribution in [2.45, 2.75) is 160 Å². The average Bonchev–Trinajstić information content (AvgIpc) is 0.682. The van der Waals surface area contributed by atoms with Crippen LogP contribution in [0.4, 0.5) is 0 Å². The maximum atomic E-state index is 15.9. The van der Waals surface area contributed by atoms with Crippen molar-refractivity contribution in [1.29, 1.82) is 0 Å². The molecule has 1 amide bonds. The first-order chi connectivity index (χ1) is 40.2. The molecular weight excluding hydrogens is 1100 g/mol. The summed E-state index contributed by atoms with van der Waals surface area (Å²) in [6.07, 6.45) is -9.86. The van der Waals surface area contributed by atoms with Crippen LogP contribution < -0.4 is 10.6 Å². The summed E-state index contributed by atoms with van der Waals surface area (Å²) in [7, 11) is 3.04. The van der Waals surface area contributed by atoms with Crippen LogP contribution in [0.25, 0.3) is 0 Å². The summed E-state index contributed by atoms with van der Waals surface area (Å²) < 4.78 is 37.1. The van der Waals surface area contributed by atoms with E-state index >= 15 is 9.59 Å². The van der Waals surface area contributed by atoms with Crippen molar-refractivity contribution < 1.29 is 86.6 Å². The predicted octanol–water partition coefficient (Wildman–Crippen LogP) is 4.92. The second-order valence-electron chi connectivity index (χ2n) is 23.5. The number of rotatable bonds is 26. The highest BCUT2D eigenvalue weighted by atomic mass is 16.6. The number of Topliss-reactive ketones (excluding diaryl/α,β-unsaturated/α-hetero) is 4. The van der Waals surface area contributed by atoms with Gasteiger partial charge in [0.05, 0.1) is 42.2 Å². The van der Waals surface area contributed by atoms with Gasteiger partial charge in [0.1, 0.15) is 42.0 Å². The minimum absolute atomic E-state index is 0.00655. The Hall–Kier alpha value is -7.30. The van der Waals surface area contributed by atoms with E-state index in [1.807, 2.05) is 0 Å². The first kappa shape index (κ1) is 65.2. The lowest BCUT2D eigenvalue weighted by atomic mass is 9.44. The van der Waals surface area contributed by atoms with Crippen molar-refractivity contribution in [3.05, 3.63) is 119 Å². The number of ketones is 4. The smallest absolute Gasteiger partial charge is 0.348 e. The van der Waals surface area contributed by atoms with Gasteiger partial charge in [0, 0.05) is 69.9 Å². The third-order valence-corrected chi connectivity index (χ3v) is 17.7. The molecule has 12 atom stereocenters. The molecule has 3 fully saturated rings. The fourth-order valence-electron chi connectivity index (χ4n) is 12.9. The minimum Gasteiger partial charge on any atom is -0.455 e. The molecule has 21 heteroatoms. The Morgan fingerprint density at radius 3 is 2.01 bits per heavy atom. The standard InChI is InChI=1S/C64H79N3O18/c1-37-48(33-64(79)58(84-59(77)43-25-17-12-18-26-43)56-62(7,49(73)32-50-63(56,36-80-50)85-40(4)70)57(76)55(81-39(3)69)53(37)61(64,5)6)82-60(78)54(45(41-21-13-10-14-22-41)31-47(72)42-23-15-11-16-24-42)83-52(75)35-67(9)51(74)29-28-44(71)34-66-30-20-19-27-46(65-8)38(2)68/h10-18,21-26,45-46,48-50,54-56,58,65-66,73,79H,19-20,27-36H2,1-9H3/t45-,46+,48-,49-,50+,54+,55+,56-,58-,62+,63-,64+/m0/s1. The first-order valence-corrected chi connectivity index (χ1v) is 28.8. The number of unbranched alkanes of at least 4 members (excludes halogenated alkanes) is 1. The number of carbonyl (C=O) groups is 10. The van der Waals surface area contributed by atoms with Crippen LogP contribution >= 0.6 is 0 Å². The number of aliphatic hydroxyl groups excluding tert-OH is 1. The van der Waals surface area contributed by atoms with Gasteiger partial charge < -0.3 is 54.2 Å². The van der Waals surface area contributed by atoms with Crippen LogP contribution in [0.1, 0.15) is 132 Å². The van der Waals surface area contributed by atoms with Gasteiger partial charge in [0.15, 0.2) is 23.3 Å². The molecule has 0 spiro atoms. The molecule has 3 aromatic carbocycles. The molecule has 4 aliphatic rings. The molecule has 0 aromatic heterocycles. The van der Waals surface area contributed by atoms with Crippen LogP contribution in [0.5, 0.6) is 0 Å². The molecule has 1 heterocycles. The van der Waals surface area contributed by atoms with Crippen molar-refractivity contribution in [1.82, 2.24) is 15.5 Å². The molecule has 3 aromatic rings. The highest BCUT2D eigenvalue weighted by molar-refractivity contribution is 5.98. The van der Waals surface area contributed by atoms with E-state index in [2.05, 4.69) is 10.6 Å². The molecule has 0 radical (unpaired) electrons. The molecular formula is C64H79N3O18. The van der Waals surface area contributed by atoms with Gasteiger partial charge in [-0.15, -0.1) is 0 Å². The molecule has 0 unspecified atom stereocenters. The number of ether oxygens (including phenoxy) is 6. The van der Waals surface area contributed by atoms with Gasteiger partial charge in [-0.2, -0.15) is 0 Å². The molecule has 2 bridgehead atoms. The average molecular weight is 1180 g/mol. The van der Waals surface area contributed by atoms with Crippen LogP contribution in [0, 0.1) is 16.7 Å². The lowest BCUT2D eigenvalue weighted by Crippen LogP contribution is -2.82. The molecule has 7 rings (SSSR count). The number of esters is 5. The number of hydrogen-bond acceptors (Lipinski definition) is 20. The Labute approximate surface area is 494 Å². The lowest BCUT2D eigenvalue weighted by Gasteiger charge is -2.67. The van der Waals surface area contributed by atoms with Crippen molar-refractivity contribution in [2.24, 2.45) is 16.7 Å². The van der Waals surface area contributed by atoms with Gasteiger partial charge in [0.2, 0.25) is 12.0 Å². The summed E-state index contributed by atoms with van der Waals surface area (Å²) in [4.78, 5) is 140. The number of carbonyl (C=O) groups excluding carboxylic acids is 10. The molecule has 2 saturated carbocycles. The fraction of sp³-hybridized carbons (Fsp3) is 0.531. The largest absolute Gasteiger partial charge is 0.455 e. The zero-order valence-corrected chi connectivity index (χ0v) is 49.7. The van der Waals surface area contributed by atoms with Crippen LogP contribution in [-0.4, -0.2) is 168 Å². The van der Waals surface area contributed by atoms with Gasteiger partial charge in [-0.3, -0.25) is 38.4 Å². The zero-order valence-electron chi connectivity index (χ0n) is 49.7. The molecule has 85 heavy (non-hydrogen) atoms. The van der Waals surface area contributed by atoms with Crippen molar-refractivity contribution in [2.75, 3.05) is 40.3 Å². The number of benzene rings is 3. The summed E-state index contributed by atoms with van der Waals surface area (Å²) in [5.41, 5.74) is -7.64. The number of amides is 1. The van der Waals surface area contributed by atoms with Gasteiger partial charge in [-0.05, 0) is 76.0 Å². The quantitative estimate of drug-likeness (QED) is 0.0273. The molecule has 21 nitrogen and oxygen atoms in total. The molecule has 4 N–H and O–H groups in total. The summed E-state index contributed by atoms with van der Waals surface area (Å²) in [5.74, 6) is -10.2. The normalized spacial score (nSPS) is 26.6. The van der Waals surface area contributed by atoms with E-state index in [0.717, 1.165) is 25.2 Å². The van der Waals surface area contributed by atoms with E-state index in [9.17, 15) is 48.6 Å². The van der Waals surface area contributed by atoms with Crippen LogP contribution in [0.15, 0.2) is 102 Å². The van der Waals surface area contributed by atoms with Crippen molar-refractivity contribution in [3.63, 3.8) is 0 Å². The Morgan fingerprint density at radius 2 is 1.44 bits per heavy atom. The lowest BCUT2D eigenvalue weighted by molar-refractivity contribution is -0.346. The summed E-state index contributed by atoms with van der Waals surface area (Å²) in [5, 5.41) is 32.4. The fourth-order valence-corrected chi connectivity index (χ4v) is 12.9. The first-order valence-electron chi connectivity index (χ1n) is 28.8. The number of likely N-dealkylation sites (N-methyl/N-ethyl adjacent to an activating group) is 2. The van der Waals surface area contributed by atoms with Crippen LogP contribution in [0.3, 0.4) is 0 Å². The number of aliphatic hydroxyl groups is 2. The highest BCUT2D eigenvalue weighted by Crippen LogP contribution is 2.64. The second-order valence-corrected chi connectivity index (χ2v) is 23.5. The Morgan fingerprint density at radius 1 is 0.812 bits per heavy atom. The van der Waals surface area contributed by atoms with Crippen LogP contribution in [0.2, 0.25) is 0 Å². The third-order valence-electron chi connectivity index (χ3n) is 17.7. The van der Waals surface area contributed by atoms with Gasteiger partial charge in [-0.1, -0.05) is 99.1 Å². The van der Waals surface area contributed by atoms with E-state index in [1.54, 1.807) is 85.9 Å². The number of nitrogens with one attached hydrogen (secondary N) is 2. The van der Waals surface area contributed by atoms with Gasteiger partial charge in [0.25, 0.3) is 0 Å².